The summed E-state index contributed by atoms with van der Waals surface area (Å²) in [6.07, 6.45) is 3.94. The van der Waals surface area contributed by atoms with Crippen molar-refractivity contribution in [3.05, 3.63) is 0 Å². The first-order chi connectivity index (χ1) is 6.88. The minimum absolute atomic E-state index is 0.576. The highest BCUT2D eigenvalue weighted by Gasteiger charge is 2.30. The molecular weight excluding hydrogens is 178 g/mol. The van der Waals surface area contributed by atoms with Crippen LogP contribution in [0.2, 0.25) is 0 Å². The molecule has 0 aromatic rings. The minimum atomic E-state index is 0.576. The van der Waals surface area contributed by atoms with Crippen molar-refractivity contribution >= 4 is 0 Å². The molecule has 1 atom stereocenters. The molecule has 0 spiro atoms. The predicted octanol–water partition coefficient (Wildman–Crippen LogP) is 1.43. The van der Waals surface area contributed by atoms with Crippen molar-refractivity contribution in [2.45, 2.75) is 32.2 Å². The van der Waals surface area contributed by atoms with Crippen molar-refractivity contribution in [2.75, 3.05) is 33.5 Å². The van der Waals surface area contributed by atoms with Crippen molar-refractivity contribution < 1.29 is 9.47 Å². The minimum Gasteiger partial charge on any atom is -0.382 e. The van der Waals surface area contributed by atoms with Crippen LogP contribution in [0.3, 0.4) is 0 Å². The first-order valence-corrected chi connectivity index (χ1v) is 5.68. The predicted molar refractivity (Wildman–Crippen MR) is 57.5 cm³/mol. The number of ether oxygens (including phenoxy) is 2. The molecule has 0 bridgehead atoms. The van der Waals surface area contributed by atoms with Crippen LogP contribution in [0.5, 0.6) is 0 Å². The van der Waals surface area contributed by atoms with Gasteiger partial charge >= 0.3 is 0 Å². The molecule has 1 fully saturated rings. The zero-order valence-corrected chi connectivity index (χ0v) is 9.42. The summed E-state index contributed by atoms with van der Waals surface area (Å²) in [5.74, 6) is 0.865. The zero-order valence-electron chi connectivity index (χ0n) is 9.42. The summed E-state index contributed by atoms with van der Waals surface area (Å²) in [5, 5.41) is 3.54. The summed E-state index contributed by atoms with van der Waals surface area (Å²) in [4.78, 5) is 0. The van der Waals surface area contributed by atoms with Crippen LogP contribution in [0, 0.1) is 5.92 Å². The van der Waals surface area contributed by atoms with Crippen molar-refractivity contribution in [2.24, 2.45) is 5.92 Å². The quantitative estimate of drug-likeness (QED) is 0.572. The third kappa shape index (κ3) is 4.94. The molecule has 0 radical (unpaired) electrons. The molecule has 1 saturated carbocycles. The maximum Gasteiger partial charge on any atom is 0.0701 e. The van der Waals surface area contributed by atoms with Gasteiger partial charge in [-0.3, -0.25) is 0 Å². The molecule has 0 aliphatic heterocycles. The Morgan fingerprint density at radius 3 is 2.71 bits per heavy atom. The molecule has 14 heavy (non-hydrogen) atoms. The van der Waals surface area contributed by atoms with E-state index in [9.17, 15) is 0 Å². The van der Waals surface area contributed by atoms with Crippen LogP contribution in [0.25, 0.3) is 0 Å². The van der Waals surface area contributed by atoms with E-state index in [1.165, 1.54) is 19.3 Å². The highest BCUT2D eigenvalue weighted by molar-refractivity contribution is 4.86. The molecule has 0 aromatic carbocycles. The monoisotopic (exact) mass is 201 g/mol. The highest BCUT2D eigenvalue weighted by Crippen LogP contribution is 2.32. The average molecular weight is 201 g/mol. The van der Waals surface area contributed by atoms with E-state index < -0.39 is 0 Å². The Morgan fingerprint density at radius 1 is 1.36 bits per heavy atom. The lowest BCUT2D eigenvalue weighted by Gasteiger charge is -2.17. The fraction of sp³-hybridized carbons (Fsp3) is 1.00. The first kappa shape index (κ1) is 12.0. The molecule has 1 rings (SSSR count). The number of methoxy groups -OCH3 is 1. The van der Waals surface area contributed by atoms with Gasteiger partial charge in [0.2, 0.25) is 0 Å². The van der Waals surface area contributed by atoms with Crippen LogP contribution in [-0.4, -0.2) is 39.5 Å². The molecule has 1 N–H and O–H groups in total. The van der Waals surface area contributed by atoms with E-state index in [1.807, 2.05) is 0 Å². The van der Waals surface area contributed by atoms with Gasteiger partial charge in [0.1, 0.15) is 0 Å². The molecular formula is C11H23NO2. The van der Waals surface area contributed by atoms with Crippen molar-refractivity contribution in [1.82, 2.24) is 5.32 Å². The fourth-order valence-electron chi connectivity index (χ4n) is 1.54. The molecule has 1 unspecified atom stereocenters. The number of nitrogens with one attached hydrogen (secondary N) is 1. The molecule has 3 nitrogen and oxygen atoms in total. The largest absolute Gasteiger partial charge is 0.382 e. The van der Waals surface area contributed by atoms with Gasteiger partial charge in [-0.25, -0.2) is 0 Å². The second-order valence-electron chi connectivity index (χ2n) is 3.97. The molecule has 3 heteroatoms. The molecule has 1 aliphatic carbocycles. The fourth-order valence-corrected chi connectivity index (χ4v) is 1.54. The molecule has 0 heterocycles. The van der Waals surface area contributed by atoms with Gasteiger partial charge in [0.15, 0.2) is 0 Å². The average Bonchev–Trinajstić information content (AvgIpc) is 3.00. The van der Waals surface area contributed by atoms with E-state index in [-0.39, 0.29) is 0 Å². The molecule has 0 amide bonds. The lowest BCUT2D eigenvalue weighted by Crippen LogP contribution is -2.36. The second-order valence-corrected chi connectivity index (χ2v) is 3.97. The molecule has 0 aromatic heterocycles. The van der Waals surface area contributed by atoms with E-state index in [0.29, 0.717) is 19.3 Å². The Labute approximate surface area is 87.2 Å². The van der Waals surface area contributed by atoms with Crippen LogP contribution < -0.4 is 5.32 Å². The number of hydrogen-bond donors (Lipinski definition) is 1. The Bertz CT molecular complexity index is 137. The van der Waals surface area contributed by atoms with E-state index >= 15 is 0 Å². The topological polar surface area (TPSA) is 30.5 Å². The van der Waals surface area contributed by atoms with Crippen LogP contribution in [-0.2, 0) is 9.47 Å². The standard InChI is InChI=1S/C11H23NO2/c1-3-6-12-11(10-4-5-10)9-14-8-7-13-2/h10-12H,3-9H2,1-2H3. The van der Waals surface area contributed by atoms with Crippen LogP contribution in [0.1, 0.15) is 26.2 Å². The third-order valence-corrected chi connectivity index (χ3v) is 2.58. The first-order valence-electron chi connectivity index (χ1n) is 5.68. The highest BCUT2D eigenvalue weighted by atomic mass is 16.5. The van der Waals surface area contributed by atoms with Crippen LogP contribution in [0.4, 0.5) is 0 Å². The van der Waals surface area contributed by atoms with Gasteiger partial charge < -0.3 is 14.8 Å². The zero-order chi connectivity index (χ0) is 10.2. The lowest BCUT2D eigenvalue weighted by molar-refractivity contribution is 0.0556. The Kier molecular flexibility index (Phi) is 6.15. The van der Waals surface area contributed by atoms with Crippen molar-refractivity contribution in [1.29, 1.82) is 0 Å². The summed E-state index contributed by atoms with van der Waals surface area (Å²) in [6, 6.07) is 0.576. The molecule has 0 saturated heterocycles. The van der Waals surface area contributed by atoms with Crippen LogP contribution >= 0.6 is 0 Å². The maximum absolute atomic E-state index is 5.55. The van der Waals surface area contributed by atoms with Crippen LogP contribution in [0.15, 0.2) is 0 Å². The summed E-state index contributed by atoms with van der Waals surface area (Å²) in [6.45, 7) is 5.56. The summed E-state index contributed by atoms with van der Waals surface area (Å²) >= 11 is 0. The molecule has 1 aliphatic rings. The number of rotatable bonds is 9. The Hall–Kier alpha value is -0.120. The van der Waals surface area contributed by atoms with Gasteiger partial charge in [-0.05, 0) is 31.7 Å². The van der Waals surface area contributed by atoms with Gasteiger partial charge in [0.25, 0.3) is 0 Å². The van der Waals surface area contributed by atoms with Crippen molar-refractivity contribution in [3.8, 4) is 0 Å². The Morgan fingerprint density at radius 2 is 2.14 bits per heavy atom. The summed E-state index contributed by atoms with van der Waals surface area (Å²) < 4.78 is 10.5. The van der Waals surface area contributed by atoms with Crippen molar-refractivity contribution in [3.63, 3.8) is 0 Å². The van der Waals surface area contributed by atoms with Gasteiger partial charge in [-0.15, -0.1) is 0 Å². The maximum atomic E-state index is 5.55. The second kappa shape index (κ2) is 7.21. The van der Waals surface area contributed by atoms with Gasteiger partial charge in [-0.2, -0.15) is 0 Å². The van der Waals surface area contributed by atoms with E-state index in [1.54, 1.807) is 7.11 Å². The third-order valence-electron chi connectivity index (χ3n) is 2.58. The SMILES string of the molecule is CCCNC(COCCOC)C1CC1. The number of hydrogen-bond acceptors (Lipinski definition) is 3. The van der Waals surface area contributed by atoms with E-state index in [2.05, 4.69) is 12.2 Å². The normalized spacial score (nSPS) is 18.4. The van der Waals surface area contributed by atoms with Gasteiger partial charge in [0.05, 0.1) is 19.8 Å². The summed E-state index contributed by atoms with van der Waals surface area (Å²) in [7, 11) is 1.71. The summed E-state index contributed by atoms with van der Waals surface area (Å²) in [5.41, 5.74) is 0. The van der Waals surface area contributed by atoms with E-state index in [0.717, 1.165) is 19.1 Å². The van der Waals surface area contributed by atoms with Gasteiger partial charge in [0, 0.05) is 13.2 Å². The lowest BCUT2D eigenvalue weighted by atomic mass is 10.2. The van der Waals surface area contributed by atoms with E-state index in [4.69, 9.17) is 9.47 Å². The van der Waals surface area contributed by atoms with Gasteiger partial charge in [-0.1, -0.05) is 6.92 Å². The molecule has 84 valence electrons. The Balaban J connectivity index is 2.02. The smallest absolute Gasteiger partial charge is 0.0701 e.